The quantitative estimate of drug-likeness (QED) is 0.869. The van der Waals surface area contributed by atoms with Crippen molar-refractivity contribution in [3.05, 3.63) is 32.6 Å². The molecule has 0 aliphatic heterocycles. The van der Waals surface area contributed by atoms with Crippen molar-refractivity contribution >= 4 is 5.97 Å². The SMILES string of the molecule is CC(C1CC2CCC1C2)n1cc(C(=O)O)c(=O)[nH]c1=O. The Hall–Kier alpha value is -1.85. The minimum atomic E-state index is -1.31. The van der Waals surface area contributed by atoms with Crippen LogP contribution < -0.4 is 11.2 Å². The maximum atomic E-state index is 11.9. The first kappa shape index (κ1) is 13.1. The van der Waals surface area contributed by atoms with Crippen molar-refractivity contribution in [2.75, 3.05) is 0 Å². The summed E-state index contributed by atoms with van der Waals surface area (Å²) in [4.78, 5) is 36.5. The number of fused-ring (bicyclic) bond motifs is 2. The van der Waals surface area contributed by atoms with E-state index in [9.17, 15) is 14.4 Å². The van der Waals surface area contributed by atoms with Gasteiger partial charge in [-0.3, -0.25) is 14.3 Å². The summed E-state index contributed by atoms with van der Waals surface area (Å²) in [7, 11) is 0. The second-order valence-electron chi connectivity index (χ2n) is 6.09. The molecule has 0 aromatic carbocycles. The zero-order valence-electron chi connectivity index (χ0n) is 11.3. The molecule has 1 heterocycles. The van der Waals surface area contributed by atoms with Gasteiger partial charge in [-0.1, -0.05) is 6.42 Å². The second kappa shape index (κ2) is 4.61. The van der Waals surface area contributed by atoms with Crippen LogP contribution in [0.4, 0.5) is 0 Å². The molecule has 0 spiro atoms. The highest BCUT2D eigenvalue weighted by Crippen LogP contribution is 2.51. The number of aromatic nitrogens is 2. The largest absolute Gasteiger partial charge is 0.477 e. The number of aromatic amines is 1. The van der Waals surface area contributed by atoms with Crippen LogP contribution in [-0.2, 0) is 0 Å². The molecule has 1 aromatic rings. The van der Waals surface area contributed by atoms with Gasteiger partial charge in [-0.15, -0.1) is 0 Å². The van der Waals surface area contributed by atoms with E-state index in [1.54, 1.807) is 0 Å². The molecule has 2 aliphatic rings. The van der Waals surface area contributed by atoms with Crippen LogP contribution in [0.3, 0.4) is 0 Å². The molecule has 2 aliphatic carbocycles. The maximum absolute atomic E-state index is 11.9. The first-order chi connectivity index (χ1) is 9.47. The van der Waals surface area contributed by atoms with Crippen molar-refractivity contribution in [2.45, 2.75) is 38.6 Å². The van der Waals surface area contributed by atoms with Crippen LogP contribution in [0.1, 0.15) is 49.0 Å². The van der Waals surface area contributed by atoms with Crippen LogP contribution in [0.15, 0.2) is 15.8 Å². The van der Waals surface area contributed by atoms with Crippen LogP contribution >= 0.6 is 0 Å². The minimum absolute atomic E-state index is 0.0762. The summed E-state index contributed by atoms with van der Waals surface area (Å²) in [5, 5.41) is 9.00. The second-order valence-corrected chi connectivity index (χ2v) is 6.09. The van der Waals surface area contributed by atoms with Gasteiger partial charge in [0.25, 0.3) is 5.56 Å². The predicted octanol–water partition coefficient (Wildman–Crippen LogP) is 1.23. The molecule has 0 saturated heterocycles. The van der Waals surface area contributed by atoms with Crippen molar-refractivity contribution in [1.29, 1.82) is 0 Å². The molecule has 4 atom stereocenters. The molecule has 2 bridgehead atoms. The molecule has 3 rings (SSSR count). The first-order valence-electron chi connectivity index (χ1n) is 7.06. The van der Waals surface area contributed by atoms with E-state index in [0.717, 1.165) is 12.3 Å². The number of aromatic carboxylic acids is 1. The third kappa shape index (κ3) is 1.99. The highest BCUT2D eigenvalue weighted by atomic mass is 16.4. The fourth-order valence-corrected chi connectivity index (χ4v) is 4.03. The van der Waals surface area contributed by atoms with Crippen molar-refractivity contribution in [1.82, 2.24) is 9.55 Å². The van der Waals surface area contributed by atoms with E-state index in [4.69, 9.17) is 5.11 Å². The standard InChI is InChI=1S/C14H18N2O4/c1-7(10-5-8-2-3-9(10)4-8)16-6-11(13(18)19)12(17)15-14(16)20/h6-10H,2-5H2,1H3,(H,18,19)(H,15,17,20). The molecule has 1 aromatic heterocycles. The van der Waals surface area contributed by atoms with Crippen molar-refractivity contribution in [2.24, 2.45) is 17.8 Å². The molecule has 2 fully saturated rings. The molecule has 108 valence electrons. The molecule has 0 amide bonds. The van der Waals surface area contributed by atoms with Gasteiger partial charge in [-0.05, 0) is 43.9 Å². The summed E-state index contributed by atoms with van der Waals surface area (Å²) in [5.74, 6) is 0.478. The van der Waals surface area contributed by atoms with E-state index in [1.165, 1.54) is 30.0 Å². The van der Waals surface area contributed by atoms with E-state index in [-0.39, 0.29) is 11.6 Å². The Bertz CT molecular complexity index is 660. The maximum Gasteiger partial charge on any atom is 0.342 e. The highest BCUT2D eigenvalue weighted by molar-refractivity contribution is 5.86. The van der Waals surface area contributed by atoms with E-state index >= 15 is 0 Å². The number of nitrogens with zero attached hydrogens (tertiary/aromatic N) is 1. The Kier molecular flexibility index (Phi) is 3.03. The number of carboxylic acid groups (broad SMARTS) is 1. The lowest BCUT2D eigenvalue weighted by Gasteiger charge is -2.29. The molecule has 6 heteroatoms. The Labute approximate surface area is 115 Å². The first-order valence-corrected chi connectivity index (χ1v) is 7.06. The smallest absolute Gasteiger partial charge is 0.342 e. The van der Waals surface area contributed by atoms with Crippen LogP contribution in [0.2, 0.25) is 0 Å². The number of carboxylic acids is 1. The lowest BCUT2D eigenvalue weighted by molar-refractivity contribution is 0.0693. The monoisotopic (exact) mass is 278 g/mol. The van der Waals surface area contributed by atoms with Gasteiger partial charge in [0.2, 0.25) is 0 Å². The number of hydrogen-bond donors (Lipinski definition) is 2. The van der Waals surface area contributed by atoms with Gasteiger partial charge in [0, 0.05) is 12.2 Å². The normalized spacial score (nSPS) is 29.6. The molecule has 20 heavy (non-hydrogen) atoms. The van der Waals surface area contributed by atoms with Crippen LogP contribution in [0.25, 0.3) is 0 Å². The summed E-state index contributed by atoms with van der Waals surface area (Å²) in [5.41, 5.74) is -1.73. The van der Waals surface area contributed by atoms with Gasteiger partial charge in [-0.25, -0.2) is 9.59 Å². The van der Waals surface area contributed by atoms with E-state index in [2.05, 4.69) is 4.98 Å². The Balaban J connectivity index is 1.97. The van der Waals surface area contributed by atoms with Crippen LogP contribution in [0, 0.1) is 17.8 Å². The number of carbonyl (C=O) groups is 1. The average molecular weight is 278 g/mol. The third-order valence-corrected chi connectivity index (χ3v) is 5.05. The Morgan fingerprint density at radius 1 is 1.40 bits per heavy atom. The molecular formula is C14H18N2O4. The van der Waals surface area contributed by atoms with Crippen LogP contribution in [0.5, 0.6) is 0 Å². The summed E-state index contributed by atoms with van der Waals surface area (Å²) in [6.07, 6.45) is 5.98. The number of rotatable bonds is 3. The number of H-pyrrole nitrogens is 1. The predicted molar refractivity (Wildman–Crippen MR) is 71.9 cm³/mol. The third-order valence-electron chi connectivity index (χ3n) is 5.05. The zero-order valence-corrected chi connectivity index (χ0v) is 11.3. The zero-order chi connectivity index (χ0) is 14.4. The molecule has 2 saturated carbocycles. The van der Waals surface area contributed by atoms with Crippen molar-refractivity contribution in [3.63, 3.8) is 0 Å². The van der Waals surface area contributed by atoms with Gasteiger partial charge in [0.1, 0.15) is 5.56 Å². The fraction of sp³-hybridized carbons (Fsp3) is 0.643. The number of nitrogens with one attached hydrogen (secondary N) is 1. The summed E-state index contributed by atoms with van der Waals surface area (Å²) in [6, 6.07) is -0.0762. The molecular weight excluding hydrogens is 260 g/mol. The summed E-state index contributed by atoms with van der Waals surface area (Å²) in [6.45, 7) is 1.94. The topological polar surface area (TPSA) is 92.2 Å². The van der Waals surface area contributed by atoms with Crippen LogP contribution in [-0.4, -0.2) is 20.6 Å². The molecule has 2 N–H and O–H groups in total. The highest BCUT2D eigenvalue weighted by Gasteiger charge is 2.42. The average Bonchev–Trinajstić information content (AvgIpc) is 2.99. The van der Waals surface area contributed by atoms with E-state index in [0.29, 0.717) is 11.8 Å². The Morgan fingerprint density at radius 3 is 2.70 bits per heavy atom. The summed E-state index contributed by atoms with van der Waals surface area (Å²) < 4.78 is 1.39. The van der Waals surface area contributed by atoms with Crippen molar-refractivity contribution < 1.29 is 9.90 Å². The van der Waals surface area contributed by atoms with E-state index < -0.39 is 17.2 Å². The Morgan fingerprint density at radius 2 is 2.15 bits per heavy atom. The fourth-order valence-electron chi connectivity index (χ4n) is 4.03. The van der Waals surface area contributed by atoms with E-state index in [1.807, 2.05) is 6.92 Å². The van der Waals surface area contributed by atoms with Crippen molar-refractivity contribution in [3.8, 4) is 0 Å². The lowest BCUT2D eigenvalue weighted by atomic mass is 9.84. The molecule has 6 nitrogen and oxygen atoms in total. The molecule has 4 unspecified atom stereocenters. The lowest BCUT2D eigenvalue weighted by Crippen LogP contribution is -2.37. The molecule has 0 radical (unpaired) electrons. The summed E-state index contributed by atoms with van der Waals surface area (Å²) >= 11 is 0. The van der Waals surface area contributed by atoms with Gasteiger partial charge >= 0.3 is 11.7 Å². The van der Waals surface area contributed by atoms with Gasteiger partial charge < -0.3 is 5.11 Å². The minimum Gasteiger partial charge on any atom is -0.477 e. The number of hydrogen-bond acceptors (Lipinski definition) is 3. The van der Waals surface area contributed by atoms with Gasteiger partial charge in [0.05, 0.1) is 0 Å². The van der Waals surface area contributed by atoms with Gasteiger partial charge in [-0.2, -0.15) is 0 Å². The van der Waals surface area contributed by atoms with Gasteiger partial charge in [0.15, 0.2) is 0 Å².